The second-order valence-corrected chi connectivity index (χ2v) is 4.55. The molecular weight excluding hydrogens is 264 g/mol. The highest BCUT2D eigenvalue weighted by Crippen LogP contribution is 2.27. The highest BCUT2D eigenvalue weighted by atomic mass is 16.7. The van der Waals surface area contributed by atoms with Crippen molar-refractivity contribution in [1.29, 1.82) is 0 Å². The predicted molar refractivity (Wildman–Crippen MR) is 70.4 cm³/mol. The lowest BCUT2D eigenvalue weighted by molar-refractivity contribution is -0.287. The summed E-state index contributed by atoms with van der Waals surface area (Å²) in [6, 6.07) is 9.09. The van der Waals surface area contributed by atoms with Gasteiger partial charge in [-0.2, -0.15) is 0 Å². The monoisotopic (exact) mass is 284 g/mol. The second-order valence-electron chi connectivity index (χ2n) is 4.55. The van der Waals surface area contributed by atoms with Gasteiger partial charge in [0.1, 0.15) is 30.2 Å². The summed E-state index contributed by atoms with van der Waals surface area (Å²) in [5, 5.41) is 19.6. The molecule has 0 saturated carbocycles. The fourth-order valence-electron chi connectivity index (χ4n) is 2.31. The highest BCUT2D eigenvalue weighted by molar-refractivity contribution is 5.21. The van der Waals surface area contributed by atoms with Crippen molar-refractivity contribution in [3.8, 4) is 5.75 Å². The van der Waals surface area contributed by atoms with E-state index in [0.717, 1.165) is 0 Å². The Morgan fingerprint density at radius 1 is 1.10 bits per heavy atom. The molecule has 2 N–H and O–H groups in total. The summed E-state index contributed by atoms with van der Waals surface area (Å²) < 4.78 is 21.7. The van der Waals surface area contributed by atoms with E-state index < -0.39 is 30.7 Å². The Balaban J connectivity index is 2.14. The van der Waals surface area contributed by atoms with Crippen LogP contribution in [-0.2, 0) is 14.2 Å². The zero-order valence-electron chi connectivity index (χ0n) is 11.5. The minimum atomic E-state index is -0.954. The quantitative estimate of drug-likeness (QED) is 0.803. The fourth-order valence-corrected chi connectivity index (χ4v) is 2.31. The Morgan fingerprint density at radius 2 is 1.75 bits per heavy atom. The molecule has 1 aromatic rings. The normalized spacial score (nSPS) is 33.9. The molecule has 6 heteroatoms. The van der Waals surface area contributed by atoms with Gasteiger partial charge in [0.05, 0.1) is 6.61 Å². The molecule has 5 atom stereocenters. The van der Waals surface area contributed by atoms with Gasteiger partial charge in [-0.25, -0.2) is 0 Å². The number of aliphatic hydroxyl groups is 2. The molecule has 2 rings (SSSR count). The molecule has 0 aliphatic carbocycles. The van der Waals surface area contributed by atoms with Crippen LogP contribution in [0.15, 0.2) is 30.3 Å². The largest absolute Gasteiger partial charge is 0.462 e. The van der Waals surface area contributed by atoms with Crippen molar-refractivity contribution in [2.75, 3.05) is 20.8 Å². The molecule has 20 heavy (non-hydrogen) atoms. The first-order valence-electron chi connectivity index (χ1n) is 6.43. The number of hydrogen-bond donors (Lipinski definition) is 2. The SMILES string of the molecule is CO[C@H]1[C@@H](Oc2ccccc2)O[C@H](CO)[C@@H](OC)[C@@H]1O. The van der Waals surface area contributed by atoms with E-state index in [1.54, 1.807) is 12.1 Å². The molecule has 112 valence electrons. The van der Waals surface area contributed by atoms with Crippen molar-refractivity contribution in [2.24, 2.45) is 0 Å². The lowest BCUT2D eigenvalue weighted by atomic mass is 9.99. The summed E-state index contributed by atoms with van der Waals surface area (Å²) in [5.74, 6) is 0.597. The van der Waals surface area contributed by atoms with E-state index >= 15 is 0 Å². The van der Waals surface area contributed by atoms with E-state index in [0.29, 0.717) is 5.75 Å². The zero-order chi connectivity index (χ0) is 14.5. The summed E-state index contributed by atoms with van der Waals surface area (Å²) in [4.78, 5) is 0. The average molecular weight is 284 g/mol. The molecule has 6 nitrogen and oxygen atoms in total. The van der Waals surface area contributed by atoms with Crippen molar-refractivity contribution < 1.29 is 29.2 Å². The van der Waals surface area contributed by atoms with Crippen molar-refractivity contribution in [3.05, 3.63) is 30.3 Å². The van der Waals surface area contributed by atoms with Crippen LogP contribution < -0.4 is 4.74 Å². The van der Waals surface area contributed by atoms with Gasteiger partial charge < -0.3 is 29.2 Å². The third-order valence-electron chi connectivity index (χ3n) is 3.34. The van der Waals surface area contributed by atoms with Crippen molar-refractivity contribution in [3.63, 3.8) is 0 Å². The molecule has 0 spiro atoms. The highest BCUT2D eigenvalue weighted by Gasteiger charge is 2.46. The van der Waals surface area contributed by atoms with Crippen LogP contribution in [0.2, 0.25) is 0 Å². The van der Waals surface area contributed by atoms with Gasteiger partial charge in [0.15, 0.2) is 0 Å². The molecule has 1 heterocycles. The van der Waals surface area contributed by atoms with E-state index in [2.05, 4.69) is 0 Å². The van der Waals surface area contributed by atoms with Crippen LogP contribution in [0.1, 0.15) is 0 Å². The van der Waals surface area contributed by atoms with Gasteiger partial charge in [-0.05, 0) is 12.1 Å². The van der Waals surface area contributed by atoms with Crippen LogP contribution in [-0.4, -0.2) is 61.7 Å². The Hall–Kier alpha value is -1.18. The maximum atomic E-state index is 10.3. The number of rotatable bonds is 5. The first kappa shape index (κ1) is 15.2. The molecule has 1 aliphatic heterocycles. The molecule has 0 aromatic heterocycles. The predicted octanol–water partition coefficient (Wildman–Crippen LogP) is 0.173. The van der Waals surface area contributed by atoms with Crippen molar-refractivity contribution in [1.82, 2.24) is 0 Å². The van der Waals surface area contributed by atoms with Crippen molar-refractivity contribution in [2.45, 2.75) is 30.7 Å². The van der Waals surface area contributed by atoms with Crippen LogP contribution in [0.25, 0.3) is 0 Å². The lowest BCUT2D eigenvalue weighted by Gasteiger charge is -2.42. The summed E-state index contributed by atoms with van der Waals surface area (Å²) >= 11 is 0. The third kappa shape index (κ3) is 3.11. The number of hydrogen-bond acceptors (Lipinski definition) is 6. The summed E-state index contributed by atoms with van der Waals surface area (Å²) in [7, 11) is 2.91. The minimum absolute atomic E-state index is 0.277. The minimum Gasteiger partial charge on any atom is -0.462 e. The Bertz CT molecular complexity index is 398. The van der Waals surface area contributed by atoms with Crippen LogP contribution >= 0.6 is 0 Å². The van der Waals surface area contributed by atoms with Gasteiger partial charge in [-0.3, -0.25) is 0 Å². The van der Waals surface area contributed by atoms with Gasteiger partial charge in [0.25, 0.3) is 0 Å². The fraction of sp³-hybridized carbons (Fsp3) is 0.571. The molecule has 1 aromatic carbocycles. The van der Waals surface area contributed by atoms with Crippen LogP contribution in [0.4, 0.5) is 0 Å². The number of benzene rings is 1. The summed E-state index contributed by atoms with van der Waals surface area (Å²) in [6.45, 7) is -0.277. The maximum absolute atomic E-state index is 10.3. The van der Waals surface area contributed by atoms with Gasteiger partial charge >= 0.3 is 0 Å². The molecule has 0 unspecified atom stereocenters. The second kappa shape index (κ2) is 7.01. The van der Waals surface area contributed by atoms with Crippen LogP contribution in [0, 0.1) is 0 Å². The summed E-state index contributed by atoms with van der Waals surface area (Å²) in [5.41, 5.74) is 0. The van der Waals surface area contributed by atoms with E-state index in [9.17, 15) is 10.2 Å². The zero-order valence-corrected chi connectivity index (χ0v) is 11.5. The van der Waals surface area contributed by atoms with Gasteiger partial charge in [-0.1, -0.05) is 18.2 Å². The number of methoxy groups -OCH3 is 2. The van der Waals surface area contributed by atoms with E-state index in [1.165, 1.54) is 14.2 Å². The van der Waals surface area contributed by atoms with Gasteiger partial charge in [0.2, 0.25) is 6.29 Å². The van der Waals surface area contributed by atoms with E-state index in [4.69, 9.17) is 18.9 Å². The molecule has 1 fully saturated rings. The van der Waals surface area contributed by atoms with Gasteiger partial charge in [-0.15, -0.1) is 0 Å². The standard InChI is InChI=1S/C14H20O6/c1-17-12-10(8-15)20-14(13(18-2)11(12)16)19-9-6-4-3-5-7-9/h3-7,10-16H,8H2,1-2H3/t10-,11+,12-,13-,14+/m1/s1. The van der Waals surface area contributed by atoms with Gasteiger partial charge in [0, 0.05) is 14.2 Å². The number of ether oxygens (including phenoxy) is 4. The number of para-hydroxylation sites is 1. The molecular formula is C14H20O6. The summed E-state index contributed by atoms with van der Waals surface area (Å²) in [6.07, 6.45) is -3.82. The molecule has 1 aliphatic rings. The Labute approximate surface area is 117 Å². The van der Waals surface area contributed by atoms with Crippen LogP contribution in [0.3, 0.4) is 0 Å². The molecule has 1 saturated heterocycles. The van der Waals surface area contributed by atoms with E-state index in [-0.39, 0.29) is 6.61 Å². The van der Waals surface area contributed by atoms with Crippen molar-refractivity contribution >= 4 is 0 Å². The van der Waals surface area contributed by atoms with E-state index in [1.807, 2.05) is 18.2 Å². The average Bonchev–Trinajstić information content (AvgIpc) is 2.48. The molecule has 0 amide bonds. The lowest BCUT2D eigenvalue weighted by Crippen LogP contribution is -2.61. The Kier molecular flexibility index (Phi) is 5.33. The maximum Gasteiger partial charge on any atom is 0.229 e. The number of aliphatic hydroxyl groups excluding tert-OH is 2. The molecule has 0 radical (unpaired) electrons. The Morgan fingerprint density at radius 3 is 2.30 bits per heavy atom. The topological polar surface area (TPSA) is 77.4 Å². The third-order valence-corrected chi connectivity index (χ3v) is 3.34. The smallest absolute Gasteiger partial charge is 0.229 e. The van der Waals surface area contributed by atoms with Crippen LogP contribution in [0.5, 0.6) is 5.75 Å². The molecule has 0 bridgehead atoms. The first-order chi connectivity index (χ1) is 9.71. The first-order valence-corrected chi connectivity index (χ1v) is 6.43.